The van der Waals surface area contributed by atoms with Crippen LogP contribution in [0.15, 0.2) is 24.5 Å². The Bertz CT molecular complexity index is 540. The van der Waals surface area contributed by atoms with Gasteiger partial charge in [-0.3, -0.25) is 4.98 Å². The zero-order chi connectivity index (χ0) is 13.0. The Kier molecular flexibility index (Phi) is 3.57. The largest absolute Gasteiger partial charge is 0.373 e. The Morgan fingerprint density at radius 2 is 2.06 bits per heavy atom. The number of aryl methyl sites for hydroxylation is 1. The van der Waals surface area contributed by atoms with Crippen molar-refractivity contribution in [3.8, 4) is 0 Å². The minimum absolute atomic E-state index is 0.243. The Balaban J connectivity index is 2.11. The van der Waals surface area contributed by atoms with Crippen LogP contribution in [0.25, 0.3) is 0 Å². The van der Waals surface area contributed by atoms with E-state index in [4.69, 9.17) is 5.73 Å². The van der Waals surface area contributed by atoms with Crippen molar-refractivity contribution in [2.75, 3.05) is 23.4 Å². The zero-order valence-corrected chi connectivity index (χ0v) is 10.4. The lowest BCUT2D eigenvalue weighted by Crippen LogP contribution is -2.07. The van der Waals surface area contributed by atoms with Gasteiger partial charge in [-0.25, -0.2) is 0 Å². The van der Waals surface area contributed by atoms with E-state index in [0.717, 1.165) is 5.56 Å². The highest BCUT2D eigenvalue weighted by atomic mass is 15.1. The van der Waals surface area contributed by atoms with Crippen molar-refractivity contribution < 1.29 is 0 Å². The summed E-state index contributed by atoms with van der Waals surface area (Å²) in [5.74, 6) is 1.62. The van der Waals surface area contributed by atoms with E-state index in [1.54, 1.807) is 13.2 Å². The Hall–Kier alpha value is -2.37. The summed E-state index contributed by atoms with van der Waals surface area (Å²) >= 11 is 0. The van der Waals surface area contributed by atoms with Gasteiger partial charge in [-0.1, -0.05) is 0 Å². The molecule has 0 aliphatic carbocycles. The van der Waals surface area contributed by atoms with Gasteiger partial charge < -0.3 is 16.4 Å². The number of nitrogens with zero attached hydrogens (tertiary/aromatic N) is 3. The van der Waals surface area contributed by atoms with E-state index in [1.165, 1.54) is 5.56 Å². The molecule has 94 valence electrons. The molecule has 0 atom stereocenters. The lowest BCUT2D eigenvalue weighted by Gasteiger charge is -2.09. The van der Waals surface area contributed by atoms with Crippen molar-refractivity contribution in [2.45, 2.75) is 13.5 Å². The van der Waals surface area contributed by atoms with Crippen LogP contribution in [0.3, 0.4) is 0 Å². The lowest BCUT2D eigenvalue weighted by atomic mass is 10.1. The van der Waals surface area contributed by atoms with Gasteiger partial charge in [0.05, 0.1) is 0 Å². The molecule has 0 aliphatic rings. The molecule has 0 amide bonds. The van der Waals surface area contributed by atoms with Gasteiger partial charge in [0, 0.05) is 32.1 Å². The van der Waals surface area contributed by atoms with E-state index in [1.807, 2.05) is 25.3 Å². The van der Waals surface area contributed by atoms with E-state index in [-0.39, 0.29) is 5.95 Å². The molecule has 0 fully saturated rings. The number of aromatic nitrogens is 3. The van der Waals surface area contributed by atoms with Crippen molar-refractivity contribution in [2.24, 2.45) is 0 Å². The molecule has 0 spiro atoms. The average molecular weight is 244 g/mol. The SMILES string of the molecule is CNc1cc(NCc2cnccc2C)nc(N)n1. The standard InChI is InChI=1S/C12H16N6/c1-8-3-4-15-6-9(8)7-16-11-5-10(14-2)17-12(13)18-11/h3-6H,7H2,1-2H3,(H4,13,14,16,17,18). The fourth-order valence-corrected chi connectivity index (χ4v) is 1.55. The summed E-state index contributed by atoms with van der Waals surface area (Å²) in [4.78, 5) is 12.2. The molecule has 2 aromatic heterocycles. The molecule has 2 aromatic rings. The number of nitrogens with two attached hydrogens (primary N) is 1. The molecule has 2 heterocycles. The van der Waals surface area contributed by atoms with Gasteiger partial charge in [-0.2, -0.15) is 9.97 Å². The monoisotopic (exact) mass is 244 g/mol. The van der Waals surface area contributed by atoms with Crippen molar-refractivity contribution in [1.82, 2.24) is 15.0 Å². The average Bonchev–Trinajstić information content (AvgIpc) is 2.37. The zero-order valence-electron chi connectivity index (χ0n) is 10.4. The highest BCUT2D eigenvalue weighted by molar-refractivity contribution is 5.51. The summed E-state index contributed by atoms with van der Waals surface area (Å²) in [6, 6.07) is 3.78. The molecule has 0 radical (unpaired) electrons. The van der Waals surface area contributed by atoms with Crippen LogP contribution in [-0.2, 0) is 6.54 Å². The Labute approximate surface area is 106 Å². The number of nitrogen functional groups attached to an aromatic ring is 1. The van der Waals surface area contributed by atoms with E-state index < -0.39 is 0 Å². The molecule has 0 unspecified atom stereocenters. The Morgan fingerprint density at radius 1 is 1.28 bits per heavy atom. The van der Waals surface area contributed by atoms with Crippen LogP contribution in [0.2, 0.25) is 0 Å². The van der Waals surface area contributed by atoms with Crippen LogP contribution in [-0.4, -0.2) is 22.0 Å². The quantitative estimate of drug-likeness (QED) is 0.753. The third kappa shape index (κ3) is 2.85. The first-order valence-corrected chi connectivity index (χ1v) is 5.64. The fraction of sp³-hybridized carbons (Fsp3) is 0.250. The summed E-state index contributed by atoms with van der Waals surface area (Å²) in [7, 11) is 1.79. The van der Waals surface area contributed by atoms with Crippen molar-refractivity contribution in [3.05, 3.63) is 35.7 Å². The van der Waals surface area contributed by atoms with Gasteiger partial charge in [0.1, 0.15) is 11.6 Å². The number of nitrogens with one attached hydrogen (secondary N) is 2. The molecule has 6 nitrogen and oxygen atoms in total. The van der Waals surface area contributed by atoms with Gasteiger partial charge in [-0.05, 0) is 24.1 Å². The van der Waals surface area contributed by atoms with Gasteiger partial charge in [0.15, 0.2) is 0 Å². The van der Waals surface area contributed by atoms with Crippen molar-refractivity contribution in [3.63, 3.8) is 0 Å². The summed E-state index contributed by atoms with van der Waals surface area (Å²) in [5, 5.41) is 6.14. The van der Waals surface area contributed by atoms with E-state index in [2.05, 4.69) is 25.6 Å². The number of pyridine rings is 1. The number of rotatable bonds is 4. The molecular formula is C12H16N6. The molecule has 6 heteroatoms. The first-order valence-electron chi connectivity index (χ1n) is 5.64. The maximum atomic E-state index is 5.62. The smallest absolute Gasteiger partial charge is 0.223 e. The molecule has 0 aliphatic heterocycles. The summed E-state index contributed by atoms with van der Waals surface area (Å²) in [6.07, 6.45) is 3.62. The minimum atomic E-state index is 0.243. The molecular weight excluding hydrogens is 228 g/mol. The first kappa shape index (κ1) is 12.1. The predicted octanol–water partition coefficient (Wildman–Crippen LogP) is 1.42. The highest BCUT2D eigenvalue weighted by Gasteiger charge is 2.02. The summed E-state index contributed by atoms with van der Waals surface area (Å²) in [6.45, 7) is 2.70. The van der Waals surface area contributed by atoms with Gasteiger partial charge in [-0.15, -0.1) is 0 Å². The molecule has 0 saturated heterocycles. The molecule has 0 saturated carbocycles. The normalized spacial score (nSPS) is 10.1. The highest BCUT2D eigenvalue weighted by Crippen LogP contribution is 2.13. The summed E-state index contributed by atoms with van der Waals surface area (Å²) < 4.78 is 0. The molecule has 0 bridgehead atoms. The van der Waals surface area contributed by atoms with Gasteiger partial charge in [0.2, 0.25) is 5.95 Å². The van der Waals surface area contributed by atoms with E-state index >= 15 is 0 Å². The first-order chi connectivity index (χ1) is 8.69. The maximum absolute atomic E-state index is 5.62. The number of anilines is 3. The molecule has 18 heavy (non-hydrogen) atoms. The Morgan fingerprint density at radius 3 is 2.78 bits per heavy atom. The number of hydrogen-bond donors (Lipinski definition) is 3. The van der Waals surface area contributed by atoms with Gasteiger partial charge >= 0.3 is 0 Å². The second-order valence-corrected chi connectivity index (χ2v) is 3.90. The third-order valence-corrected chi connectivity index (χ3v) is 2.61. The van der Waals surface area contributed by atoms with E-state index in [9.17, 15) is 0 Å². The second kappa shape index (κ2) is 5.31. The van der Waals surface area contributed by atoms with Crippen molar-refractivity contribution in [1.29, 1.82) is 0 Å². The fourth-order valence-electron chi connectivity index (χ4n) is 1.55. The maximum Gasteiger partial charge on any atom is 0.223 e. The molecule has 2 rings (SSSR count). The van der Waals surface area contributed by atoms with Crippen LogP contribution in [0.4, 0.5) is 17.6 Å². The van der Waals surface area contributed by atoms with Crippen LogP contribution in [0.5, 0.6) is 0 Å². The van der Waals surface area contributed by atoms with E-state index in [0.29, 0.717) is 18.2 Å². The van der Waals surface area contributed by atoms with Crippen LogP contribution < -0.4 is 16.4 Å². The van der Waals surface area contributed by atoms with Gasteiger partial charge in [0.25, 0.3) is 0 Å². The third-order valence-electron chi connectivity index (χ3n) is 2.61. The van der Waals surface area contributed by atoms with Crippen LogP contribution in [0, 0.1) is 6.92 Å². The minimum Gasteiger partial charge on any atom is -0.373 e. The second-order valence-electron chi connectivity index (χ2n) is 3.90. The molecule has 4 N–H and O–H groups in total. The molecule has 0 aromatic carbocycles. The predicted molar refractivity (Wildman–Crippen MR) is 72.3 cm³/mol. The summed E-state index contributed by atoms with van der Waals surface area (Å²) in [5.41, 5.74) is 7.93. The van der Waals surface area contributed by atoms with Crippen LogP contribution in [0.1, 0.15) is 11.1 Å². The van der Waals surface area contributed by atoms with Crippen LogP contribution >= 0.6 is 0 Å². The lowest BCUT2D eigenvalue weighted by molar-refractivity contribution is 1.05. The number of hydrogen-bond acceptors (Lipinski definition) is 6. The van der Waals surface area contributed by atoms with Crippen molar-refractivity contribution >= 4 is 17.6 Å². The topological polar surface area (TPSA) is 88.8 Å².